The Balaban J connectivity index is 2.68. The smallest absolute Gasteiger partial charge is 0.247 e. The van der Waals surface area contributed by atoms with Gasteiger partial charge in [-0.1, -0.05) is 6.92 Å². The van der Waals surface area contributed by atoms with Crippen molar-refractivity contribution in [3.63, 3.8) is 0 Å². The Morgan fingerprint density at radius 1 is 1.40 bits per heavy atom. The molecule has 0 aromatic carbocycles. The van der Waals surface area contributed by atoms with Crippen LogP contribution in [0.2, 0.25) is 0 Å². The van der Waals surface area contributed by atoms with E-state index in [1.54, 1.807) is 0 Å². The van der Waals surface area contributed by atoms with Crippen LogP contribution >= 0.6 is 0 Å². The van der Waals surface area contributed by atoms with Crippen LogP contribution in [0.15, 0.2) is 11.6 Å². The molecule has 58 valence electrons. The zero-order chi connectivity index (χ0) is 7.78. The Bertz CT molecular complexity index is 172. The van der Waals surface area contributed by atoms with E-state index in [2.05, 4.69) is 0 Å². The summed E-state index contributed by atoms with van der Waals surface area (Å²) in [6.07, 6.45) is 0.787. The van der Waals surface area contributed by atoms with E-state index in [4.69, 9.17) is 15.2 Å². The van der Waals surface area contributed by atoms with Crippen LogP contribution in [0.25, 0.3) is 0 Å². The summed E-state index contributed by atoms with van der Waals surface area (Å²) in [5.74, 6) is 0.618. The molecule has 0 saturated carbocycles. The summed E-state index contributed by atoms with van der Waals surface area (Å²) in [4.78, 5) is 0. The zero-order valence-electron chi connectivity index (χ0n) is 6.60. The van der Waals surface area contributed by atoms with E-state index in [1.165, 1.54) is 0 Å². The molecule has 1 heterocycles. The summed E-state index contributed by atoms with van der Waals surface area (Å²) in [5, 5.41) is 0. The van der Waals surface area contributed by atoms with Crippen LogP contribution in [0.1, 0.15) is 27.2 Å². The van der Waals surface area contributed by atoms with Crippen LogP contribution < -0.4 is 5.73 Å². The molecule has 10 heavy (non-hydrogen) atoms. The predicted octanol–water partition coefficient (Wildman–Crippen LogP) is 1.31. The lowest BCUT2D eigenvalue weighted by molar-refractivity contribution is -0.124. The molecule has 0 saturated heterocycles. The number of rotatable bonds is 1. The van der Waals surface area contributed by atoms with Crippen LogP contribution in [-0.4, -0.2) is 5.79 Å². The molecule has 0 radical (unpaired) electrons. The molecule has 0 bridgehead atoms. The molecule has 1 aliphatic rings. The van der Waals surface area contributed by atoms with Crippen molar-refractivity contribution >= 4 is 0 Å². The molecular weight excluding hydrogens is 130 g/mol. The lowest BCUT2D eigenvalue weighted by Crippen LogP contribution is -2.21. The van der Waals surface area contributed by atoms with Gasteiger partial charge in [-0.25, -0.2) is 0 Å². The summed E-state index contributed by atoms with van der Waals surface area (Å²) >= 11 is 0. The Labute approximate surface area is 60.8 Å². The molecule has 0 aliphatic carbocycles. The summed E-state index contributed by atoms with van der Waals surface area (Å²) in [7, 11) is 0. The van der Waals surface area contributed by atoms with Gasteiger partial charge in [0, 0.05) is 20.3 Å². The molecule has 3 heteroatoms. The van der Waals surface area contributed by atoms with Gasteiger partial charge in [0.05, 0.1) is 0 Å². The van der Waals surface area contributed by atoms with Crippen molar-refractivity contribution in [3.05, 3.63) is 11.6 Å². The number of ether oxygens (including phenoxy) is 2. The molecule has 3 nitrogen and oxygen atoms in total. The highest BCUT2D eigenvalue weighted by atomic mass is 16.7. The fourth-order valence-electron chi connectivity index (χ4n) is 0.936. The van der Waals surface area contributed by atoms with Crippen LogP contribution in [0.5, 0.6) is 0 Å². The Morgan fingerprint density at radius 2 is 2.00 bits per heavy atom. The van der Waals surface area contributed by atoms with Crippen molar-refractivity contribution in [1.82, 2.24) is 0 Å². The van der Waals surface area contributed by atoms with Gasteiger partial charge < -0.3 is 15.2 Å². The molecule has 0 unspecified atom stereocenters. The highest BCUT2D eigenvalue weighted by molar-refractivity contribution is 5.03. The number of hydrogen-bond acceptors (Lipinski definition) is 3. The average Bonchev–Trinajstić information content (AvgIpc) is 2.05. The minimum atomic E-state index is -0.560. The molecule has 0 aromatic rings. The fourth-order valence-corrected chi connectivity index (χ4v) is 0.936. The lowest BCUT2D eigenvalue weighted by Gasteiger charge is -2.17. The second-order valence-corrected chi connectivity index (χ2v) is 2.74. The Hall–Kier alpha value is -0.860. The van der Waals surface area contributed by atoms with E-state index < -0.39 is 5.79 Å². The van der Waals surface area contributed by atoms with Crippen molar-refractivity contribution in [1.29, 1.82) is 0 Å². The first kappa shape index (κ1) is 7.25. The third kappa shape index (κ3) is 1.17. The monoisotopic (exact) mass is 143 g/mol. The summed E-state index contributed by atoms with van der Waals surface area (Å²) in [6.45, 7) is 5.65. The van der Waals surface area contributed by atoms with Gasteiger partial charge in [0.25, 0.3) is 0 Å². The number of hydrogen-bond donors (Lipinski definition) is 1. The van der Waals surface area contributed by atoms with Crippen molar-refractivity contribution in [2.75, 3.05) is 0 Å². The topological polar surface area (TPSA) is 44.5 Å². The largest absolute Gasteiger partial charge is 0.452 e. The van der Waals surface area contributed by atoms with E-state index in [9.17, 15) is 0 Å². The van der Waals surface area contributed by atoms with Crippen molar-refractivity contribution in [2.45, 2.75) is 33.0 Å². The molecule has 0 atom stereocenters. The van der Waals surface area contributed by atoms with E-state index in [-0.39, 0.29) is 0 Å². The van der Waals surface area contributed by atoms with Crippen molar-refractivity contribution in [2.24, 2.45) is 5.73 Å². The molecular formula is C7H13NO2. The highest BCUT2D eigenvalue weighted by Crippen LogP contribution is 2.28. The number of nitrogens with two attached hydrogens (primary N) is 1. The maximum atomic E-state index is 5.50. The third-order valence-corrected chi connectivity index (χ3v) is 1.32. The fraction of sp³-hybridized carbons (Fsp3) is 0.714. The van der Waals surface area contributed by atoms with Gasteiger partial charge in [-0.2, -0.15) is 0 Å². The summed E-state index contributed by atoms with van der Waals surface area (Å²) < 4.78 is 10.5. The Kier molecular flexibility index (Phi) is 1.50. The van der Waals surface area contributed by atoms with E-state index in [0.717, 1.165) is 12.2 Å². The van der Waals surface area contributed by atoms with E-state index in [1.807, 2.05) is 20.8 Å². The van der Waals surface area contributed by atoms with Gasteiger partial charge in [-0.15, -0.1) is 0 Å². The van der Waals surface area contributed by atoms with Gasteiger partial charge in [0.15, 0.2) is 5.76 Å². The molecule has 0 fully saturated rings. The molecule has 0 amide bonds. The van der Waals surface area contributed by atoms with Crippen molar-refractivity contribution in [3.8, 4) is 0 Å². The average molecular weight is 143 g/mol. The second-order valence-electron chi connectivity index (χ2n) is 2.74. The summed E-state index contributed by atoms with van der Waals surface area (Å²) in [6, 6.07) is 0. The first-order valence-corrected chi connectivity index (χ1v) is 3.42. The zero-order valence-corrected chi connectivity index (χ0v) is 6.60. The molecule has 0 spiro atoms. The lowest BCUT2D eigenvalue weighted by atomic mass is 10.4. The van der Waals surface area contributed by atoms with Crippen molar-refractivity contribution < 1.29 is 9.47 Å². The van der Waals surface area contributed by atoms with Gasteiger partial charge in [0.2, 0.25) is 11.7 Å². The molecule has 0 aromatic heterocycles. The maximum Gasteiger partial charge on any atom is 0.247 e. The number of allylic oxidation sites excluding steroid dienone is 1. The van der Waals surface area contributed by atoms with Crippen LogP contribution in [0, 0.1) is 0 Å². The maximum absolute atomic E-state index is 5.50. The molecule has 2 N–H and O–H groups in total. The van der Waals surface area contributed by atoms with Crippen LogP contribution in [-0.2, 0) is 9.47 Å². The van der Waals surface area contributed by atoms with E-state index in [0.29, 0.717) is 5.88 Å². The third-order valence-electron chi connectivity index (χ3n) is 1.32. The standard InChI is InChI=1S/C7H13NO2/c1-4-5-6(8)10-7(2,3)9-5/h4,8H2,1-3H3. The quantitative estimate of drug-likeness (QED) is 0.601. The minimum Gasteiger partial charge on any atom is -0.452 e. The van der Waals surface area contributed by atoms with Gasteiger partial charge >= 0.3 is 0 Å². The SMILES string of the molecule is CCC1=C(N)OC(C)(C)O1. The molecule has 1 rings (SSSR count). The predicted molar refractivity (Wildman–Crippen MR) is 37.8 cm³/mol. The summed E-state index contributed by atoms with van der Waals surface area (Å²) in [5.41, 5.74) is 5.50. The molecule has 1 aliphatic heterocycles. The first-order valence-electron chi connectivity index (χ1n) is 3.42. The van der Waals surface area contributed by atoms with Gasteiger partial charge in [-0.3, -0.25) is 0 Å². The van der Waals surface area contributed by atoms with Crippen LogP contribution in [0.4, 0.5) is 0 Å². The second kappa shape index (κ2) is 2.08. The minimum absolute atomic E-state index is 0.424. The van der Waals surface area contributed by atoms with Gasteiger partial charge in [0.1, 0.15) is 0 Å². The van der Waals surface area contributed by atoms with E-state index >= 15 is 0 Å². The van der Waals surface area contributed by atoms with Crippen LogP contribution in [0.3, 0.4) is 0 Å². The first-order chi connectivity index (χ1) is 4.55. The highest BCUT2D eigenvalue weighted by Gasteiger charge is 2.31. The normalized spacial score (nSPS) is 22.3. The Morgan fingerprint density at radius 3 is 2.20 bits per heavy atom. The van der Waals surface area contributed by atoms with Gasteiger partial charge in [-0.05, 0) is 0 Å².